The van der Waals surface area contributed by atoms with Crippen LogP contribution >= 0.6 is 0 Å². The predicted octanol–water partition coefficient (Wildman–Crippen LogP) is 6.04. The largest absolute Gasteiger partial charge is 0.481 e. The zero-order chi connectivity index (χ0) is 15.2. The van der Waals surface area contributed by atoms with Crippen molar-refractivity contribution in [3.05, 3.63) is 0 Å². The molecule has 0 aliphatic rings. The van der Waals surface area contributed by atoms with Gasteiger partial charge in [0.15, 0.2) is 0 Å². The molecule has 0 saturated heterocycles. The summed E-state index contributed by atoms with van der Waals surface area (Å²) in [6.45, 7) is 6.70. The Morgan fingerprint density at radius 3 is 1.80 bits per heavy atom. The number of carboxylic acids is 1. The number of aliphatic carboxylic acids is 1. The average molecular weight is 284 g/mol. The monoisotopic (exact) mass is 284 g/mol. The molecule has 2 unspecified atom stereocenters. The van der Waals surface area contributed by atoms with Gasteiger partial charge in [0.2, 0.25) is 0 Å². The second kappa shape index (κ2) is 13.5. The molecular formula is C18H36O2. The van der Waals surface area contributed by atoms with Crippen LogP contribution in [-0.2, 0) is 4.79 Å². The Hall–Kier alpha value is -0.530. The van der Waals surface area contributed by atoms with Gasteiger partial charge in [-0.25, -0.2) is 0 Å². The van der Waals surface area contributed by atoms with Gasteiger partial charge in [-0.1, -0.05) is 85.0 Å². The van der Waals surface area contributed by atoms with E-state index in [1.807, 2.05) is 0 Å². The summed E-state index contributed by atoms with van der Waals surface area (Å²) < 4.78 is 0. The molecule has 20 heavy (non-hydrogen) atoms. The summed E-state index contributed by atoms with van der Waals surface area (Å²) in [5.41, 5.74) is 0. The highest BCUT2D eigenvalue weighted by Crippen LogP contribution is 2.22. The van der Waals surface area contributed by atoms with E-state index in [0.717, 1.165) is 31.6 Å². The Bertz CT molecular complexity index is 225. The maximum Gasteiger partial charge on any atom is 0.306 e. The first-order chi connectivity index (χ1) is 9.65. The molecule has 0 aliphatic carbocycles. The number of hydrogen-bond donors (Lipinski definition) is 1. The van der Waals surface area contributed by atoms with Gasteiger partial charge in [0.05, 0.1) is 5.92 Å². The van der Waals surface area contributed by atoms with Gasteiger partial charge in [-0.15, -0.1) is 0 Å². The van der Waals surface area contributed by atoms with Crippen molar-refractivity contribution in [1.29, 1.82) is 0 Å². The quantitative estimate of drug-likeness (QED) is 0.394. The van der Waals surface area contributed by atoms with E-state index in [4.69, 9.17) is 0 Å². The van der Waals surface area contributed by atoms with E-state index in [-0.39, 0.29) is 5.92 Å². The van der Waals surface area contributed by atoms with Crippen LogP contribution in [0.3, 0.4) is 0 Å². The Labute approximate surface area is 126 Å². The van der Waals surface area contributed by atoms with Crippen LogP contribution in [-0.4, -0.2) is 11.1 Å². The fourth-order valence-corrected chi connectivity index (χ4v) is 2.90. The highest BCUT2D eigenvalue weighted by atomic mass is 16.4. The van der Waals surface area contributed by atoms with Crippen molar-refractivity contribution in [2.24, 2.45) is 11.8 Å². The Morgan fingerprint density at radius 1 is 0.800 bits per heavy atom. The third-order valence-corrected chi connectivity index (χ3v) is 4.46. The van der Waals surface area contributed by atoms with Crippen molar-refractivity contribution in [2.75, 3.05) is 0 Å². The van der Waals surface area contributed by atoms with Crippen molar-refractivity contribution in [3.8, 4) is 0 Å². The summed E-state index contributed by atoms with van der Waals surface area (Å²) in [4.78, 5) is 11.2. The van der Waals surface area contributed by atoms with Crippen LogP contribution in [0.25, 0.3) is 0 Å². The topological polar surface area (TPSA) is 37.3 Å². The van der Waals surface area contributed by atoms with Crippen LogP contribution in [0.1, 0.15) is 97.8 Å². The van der Waals surface area contributed by atoms with Gasteiger partial charge < -0.3 is 5.11 Å². The van der Waals surface area contributed by atoms with Gasteiger partial charge >= 0.3 is 5.97 Å². The maximum absolute atomic E-state index is 11.2. The van der Waals surface area contributed by atoms with Crippen LogP contribution in [0.5, 0.6) is 0 Å². The molecule has 2 heteroatoms. The molecule has 0 aromatic rings. The van der Waals surface area contributed by atoms with Crippen molar-refractivity contribution in [3.63, 3.8) is 0 Å². The van der Waals surface area contributed by atoms with Crippen LogP contribution in [0.2, 0.25) is 0 Å². The minimum Gasteiger partial charge on any atom is -0.481 e. The molecule has 0 aromatic heterocycles. The first kappa shape index (κ1) is 19.5. The summed E-state index contributed by atoms with van der Waals surface area (Å²) in [5, 5.41) is 9.24. The summed E-state index contributed by atoms with van der Waals surface area (Å²) >= 11 is 0. The Kier molecular flexibility index (Phi) is 13.1. The van der Waals surface area contributed by atoms with Crippen LogP contribution in [0.4, 0.5) is 0 Å². The zero-order valence-corrected chi connectivity index (χ0v) is 14.0. The number of rotatable bonds is 14. The molecule has 0 amide bonds. The second-order valence-corrected chi connectivity index (χ2v) is 6.23. The van der Waals surface area contributed by atoms with E-state index in [0.29, 0.717) is 0 Å². The lowest BCUT2D eigenvalue weighted by molar-refractivity contribution is -0.142. The molecule has 0 radical (unpaired) electrons. The third kappa shape index (κ3) is 10.3. The molecule has 2 atom stereocenters. The second-order valence-electron chi connectivity index (χ2n) is 6.23. The first-order valence-corrected chi connectivity index (χ1v) is 8.88. The lowest BCUT2D eigenvalue weighted by atomic mass is 9.90. The molecule has 0 aliphatic heterocycles. The molecule has 1 N–H and O–H groups in total. The van der Waals surface area contributed by atoms with E-state index < -0.39 is 5.97 Å². The van der Waals surface area contributed by atoms with E-state index >= 15 is 0 Å². The summed E-state index contributed by atoms with van der Waals surface area (Å²) in [6, 6.07) is 0. The normalized spacial score (nSPS) is 14.2. The fraction of sp³-hybridized carbons (Fsp3) is 0.944. The predicted molar refractivity (Wildman–Crippen MR) is 87.0 cm³/mol. The van der Waals surface area contributed by atoms with Crippen LogP contribution < -0.4 is 0 Å². The van der Waals surface area contributed by atoms with E-state index in [9.17, 15) is 9.90 Å². The van der Waals surface area contributed by atoms with Crippen LogP contribution in [0, 0.1) is 11.8 Å². The number of carbonyl (C=O) groups is 1. The first-order valence-electron chi connectivity index (χ1n) is 8.88. The van der Waals surface area contributed by atoms with Gasteiger partial charge in [0, 0.05) is 0 Å². The van der Waals surface area contributed by atoms with Gasteiger partial charge in [0.25, 0.3) is 0 Å². The Balaban J connectivity index is 3.78. The molecule has 0 rings (SSSR count). The van der Waals surface area contributed by atoms with E-state index in [1.54, 1.807) is 0 Å². The molecule has 0 aromatic carbocycles. The molecule has 2 nitrogen and oxygen atoms in total. The summed E-state index contributed by atoms with van der Waals surface area (Å²) in [7, 11) is 0. The number of unbranched alkanes of at least 4 members (excludes halogenated alkanes) is 4. The maximum atomic E-state index is 11.2. The molecule has 0 heterocycles. The zero-order valence-electron chi connectivity index (χ0n) is 14.0. The SMILES string of the molecule is CCCCCC(CCCCC(CC)CCCC)C(=O)O. The van der Waals surface area contributed by atoms with Crippen LogP contribution in [0.15, 0.2) is 0 Å². The number of carboxylic acid groups (broad SMARTS) is 1. The third-order valence-electron chi connectivity index (χ3n) is 4.46. The van der Waals surface area contributed by atoms with Crippen molar-refractivity contribution >= 4 is 5.97 Å². The average Bonchev–Trinajstić information content (AvgIpc) is 2.44. The molecule has 0 fully saturated rings. The van der Waals surface area contributed by atoms with Gasteiger partial charge in [0.1, 0.15) is 0 Å². The molecule has 0 saturated carbocycles. The number of hydrogen-bond acceptors (Lipinski definition) is 1. The van der Waals surface area contributed by atoms with Gasteiger partial charge in [-0.05, 0) is 18.8 Å². The molecule has 0 bridgehead atoms. The molecule has 0 spiro atoms. The fourth-order valence-electron chi connectivity index (χ4n) is 2.90. The minimum atomic E-state index is -0.584. The van der Waals surface area contributed by atoms with E-state index in [2.05, 4.69) is 20.8 Å². The van der Waals surface area contributed by atoms with E-state index in [1.165, 1.54) is 51.4 Å². The van der Waals surface area contributed by atoms with Crippen molar-refractivity contribution in [2.45, 2.75) is 97.8 Å². The molecular weight excluding hydrogens is 248 g/mol. The lowest BCUT2D eigenvalue weighted by Gasteiger charge is -2.15. The minimum absolute atomic E-state index is 0.0998. The van der Waals surface area contributed by atoms with Crippen molar-refractivity contribution < 1.29 is 9.90 Å². The highest BCUT2D eigenvalue weighted by molar-refractivity contribution is 5.69. The molecule has 120 valence electrons. The Morgan fingerprint density at radius 2 is 1.30 bits per heavy atom. The van der Waals surface area contributed by atoms with Gasteiger partial charge in [-0.3, -0.25) is 4.79 Å². The lowest BCUT2D eigenvalue weighted by Crippen LogP contribution is -2.13. The standard InChI is InChI=1S/C18H36O2/c1-4-7-9-14-17(18(19)20)15-11-10-13-16(6-3)12-8-5-2/h16-17H,4-15H2,1-3H3,(H,19,20). The summed E-state index contributed by atoms with van der Waals surface area (Å²) in [6.07, 6.45) is 14.0. The van der Waals surface area contributed by atoms with Gasteiger partial charge in [-0.2, -0.15) is 0 Å². The smallest absolute Gasteiger partial charge is 0.306 e. The summed E-state index contributed by atoms with van der Waals surface area (Å²) in [5.74, 6) is 0.176. The van der Waals surface area contributed by atoms with Crippen molar-refractivity contribution in [1.82, 2.24) is 0 Å². The highest BCUT2D eigenvalue weighted by Gasteiger charge is 2.16.